The number of rotatable bonds is 5. The first kappa shape index (κ1) is 12.5. The minimum atomic E-state index is 0.148. The summed E-state index contributed by atoms with van der Waals surface area (Å²) in [7, 11) is 1.84. The number of hydrogen-bond acceptors (Lipinski definition) is 4. The molecule has 4 nitrogen and oxygen atoms in total. The molecule has 0 atom stereocenters. The third-order valence-electron chi connectivity index (χ3n) is 3.05. The molecule has 1 aromatic heterocycles. The fourth-order valence-corrected chi connectivity index (χ4v) is 2.72. The first-order valence-electron chi connectivity index (χ1n) is 5.78. The van der Waals surface area contributed by atoms with E-state index in [2.05, 4.69) is 4.90 Å². The summed E-state index contributed by atoms with van der Waals surface area (Å²) in [6.07, 6.45) is 0. The summed E-state index contributed by atoms with van der Waals surface area (Å²) in [5, 5.41) is 10.9. The maximum absolute atomic E-state index is 11.9. The van der Waals surface area contributed by atoms with E-state index in [0.717, 1.165) is 13.1 Å². The van der Waals surface area contributed by atoms with Crippen LogP contribution in [0.4, 0.5) is 0 Å². The average molecular weight is 254 g/mol. The molecular formula is C12H18N2O2S. The molecule has 1 aliphatic rings. The zero-order chi connectivity index (χ0) is 12.3. The summed E-state index contributed by atoms with van der Waals surface area (Å²) in [5.74, 6) is 0.514. The topological polar surface area (TPSA) is 43.8 Å². The van der Waals surface area contributed by atoms with E-state index in [1.165, 1.54) is 4.88 Å². The van der Waals surface area contributed by atoms with E-state index < -0.39 is 0 Å². The van der Waals surface area contributed by atoms with Crippen molar-refractivity contribution in [3.63, 3.8) is 0 Å². The van der Waals surface area contributed by atoms with Crippen LogP contribution in [0.1, 0.15) is 4.88 Å². The van der Waals surface area contributed by atoms with E-state index in [1.54, 1.807) is 16.2 Å². The van der Waals surface area contributed by atoms with Crippen LogP contribution in [0.3, 0.4) is 0 Å². The molecule has 0 aromatic carbocycles. The minimum Gasteiger partial charge on any atom is -0.396 e. The van der Waals surface area contributed by atoms with E-state index in [-0.39, 0.29) is 12.5 Å². The summed E-state index contributed by atoms with van der Waals surface area (Å²) in [5.41, 5.74) is 0. The van der Waals surface area contributed by atoms with E-state index in [4.69, 9.17) is 5.11 Å². The van der Waals surface area contributed by atoms with Crippen LogP contribution in [-0.2, 0) is 11.3 Å². The number of carbonyl (C=O) groups is 1. The second-order valence-electron chi connectivity index (χ2n) is 4.57. The molecule has 17 heavy (non-hydrogen) atoms. The molecule has 1 fully saturated rings. The number of likely N-dealkylation sites (tertiary alicyclic amines) is 1. The Kier molecular flexibility index (Phi) is 4.15. The zero-order valence-electron chi connectivity index (χ0n) is 10.0. The van der Waals surface area contributed by atoms with Gasteiger partial charge in [0.25, 0.3) is 0 Å². The van der Waals surface area contributed by atoms with Crippen LogP contribution in [0.5, 0.6) is 0 Å². The predicted octanol–water partition coefficient (Wildman–Crippen LogP) is 0.631. The molecule has 0 unspecified atom stereocenters. The molecule has 5 heteroatoms. The molecule has 0 bridgehead atoms. The monoisotopic (exact) mass is 254 g/mol. The van der Waals surface area contributed by atoms with Crippen molar-refractivity contribution in [2.45, 2.75) is 6.54 Å². The molecule has 0 radical (unpaired) electrons. The van der Waals surface area contributed by atoms with Crippen molar-refractivity contribution in [1.29, 1.82) is 0 Å². The van der Waals surface area contributed by atoms with Crippen molar-refractivity contribution in [2.75, 3.05) is 33.3 Å². The number of thiophene rings is 1. The molecule has 94 valence electrons. The van der Waals surface area contributed by atoms with Crippen molar-refractivity contribution in [3.8, 4) is 0 Å². The van der Waals surface area contributed by atoms with Crippen LogP contribution in [0, 0.1) is 5.92 Å². The Morgan fingerprint density at radius 2 is 2.41 bits per heavy atom. The molecule has 1 aliphatic heterocycles. The standard InChI is InChI=1S/C12H18N2O2S/c1-13(7-11-3-2-4-17-11)12(16)8-14-5-10(6-14)9-15/h2-4,10,15H,5-9H2,1H3. The lowest BCUT2D eigenvalue weighted by Gasteiger charge is -2.38. The second kappa shape index (κ2) is 5.62. The van der Waals surface area contributed by atoms with Gasteiger partial charge in [-0.2, -0.15) is 0 Å². The van der Waals surface area contributed by atoms with Crippen LogP contribution in [0.2, 0.25) is 0 Å². The van der Waals surface area contributed by atoms with Crippen molar-refractivity contribution in [1.82, 2.24) is 9.80 Å². The lowest BCUT2D eigenvalue weighted by atomic mass is 10.0. The Hall–Kier alpha value is -0.910. The Bertz CT molecular complexity index is 361. The van der Waals surface area contributed by atoms with E-state index in [1.807, 2.05) is 24.6 Å². The van der Waals surface area contributed by atoms with Gasteiger partial charge < -0.3 is 10.0 Å². The van der Waals surface area contributed by atoms with Gasteiger partial charge in [0.1, 0.15) is 0 Å². The lowest BCUT2D eigenvalue weighted by molar-refractivity contribution is -0.133. The van der Waals surface area contributed by atoms with Crippen LogP contribution in [0.25, 0.3) is 0 Å². The number of nitrogens with zero attached hydrogens (tertiary/aromatic N) is 2. The molecule has 1 N–H and O–H groups in total. The van der Waals surface area contributed by atoms with Gasteiger partial charge in [-0.15, -0.1) is 11.3 Å². The molecule has 0 saturated carbocycles. The molecule has 2 heterocycles. The van der Waals surface area contributed by atoms with Gasteiger partial charge >= 0.3 is 0 Å². The molecule has 1 saturated heterocycles. The smallest absolute Gasteiger partial charge is 0.236 e. The van der Waals surface area contributed by atoms with Crippen LogP contribution < -0.4 is 0 Å². The fraction of sp³-hybridized carbons (Fsp3) is 0.583. The summed E-state index contributed by atoms with van der Waals surface area (Å²) in [6, 6.07) is 4.04. The summed E-state index contributed by atoms with van der Waals surface area (Å²) >= 11 is 1.67. The fourth-order valence-electron chi connectivity index (χ4n) is 1.96. The van der Waals surface area contributed by atoms with E-state index >= 15 is 0 Å². The molecule has 0 aliphatic carbocycles. The lowest BCUT2D eigenvalue weighted by Crippen LogP contribution is -2.52. The molecule has 1 aromatic rings. The maximum Gasteiger partial charge on any atom is 0.236 e. The van der Waals surface area contributed by atoms with Gasteiger partial charge in [0, 0.05) is 37.5 Å². The number of aliphatic hydroxyl groups is 1. The van der Waals surface area contributed by atoms with Gasteiger partial charge in [0.2, 0.25) is 5.91 Å². The van der Waals surface area contributed by atoms with Gasteiger partial charge in [0.15, 0.2) is 0 Å². The zero-order valence-corrected chi connectivity index (χ0v) is 10.8. The Labute approximate surface area is 105 Å². The summed E-state index contributed by atoms with van der Waals surface area (Å²) < 4.78 is 0. The minimum absolute atomic E-state index is 0.148. The van der Waals surface area contributed by atoms with Gasteiger partial charge in [-0.25, -0.2) is 0 Å². The number of likely N-dealkylation sites (N-methyl/N-ethyl adjacent to an activating group) is 1. The quantitative estimate of drug-likeness (QED) is 0.838. The third-order valence-corrected chi connectivity index (χ3v) is 3.91. The molecule has 0 spiro atoms. The first-order chi connectivity index (χ1) is 8.19. The summed E-state index contributed by atoms with van der Waals surface area (Å²) in [4.78, 5) is 16.9. The highest BCUT2D eigenvalue weighted by atomic mass is 32.1. The molecule has 1 amide bonds. The normalized spacial score (nSPS) is 16.8. The average Bonchev–Trinajstić information content (AvgIpc) is 2.74. The maximum atomic E-state index is 11.9. The van der Waals surface area contributed by atoms with Crippen LogP contribution >= 0.6 is 11.3 Å². The van der Waals surface area contributed by atoms with Gasteiger partial charge in [-0.05, 0) is 11.4 Å². The Morgan fingerprint density at radius 3 is 3.00 bits per heavy atom. The number of carbonyl (C=O) groups excluding carboxylic acids is 1. The van der Waals surface area contributed by atoms with Gasteiger partial charge in [0.05, 0.1) is 13.1 Å². The van der Waals surface area contributed by atoms with Crippen molar-refractivity contribution < 1.29 is 9.90 Å². The van der Waals surface area contributed by atoms with E-state index in [9.17, 15) is 4.79 Å². The van der Waals surface area contributed by atoms with E-state index in [0.29, 0.717) is 19.0 Å². The van der Waals surface area contributed by atoms with Crippen molar-refractivity contribution in [3.05, 3.63) is 22.4 Å². The first-order valence-corrected chi connectivity index (χ1v) is 6.66. The molecule has 2 rings (SSSR count). The van der Waals surface area contributed by atoms with Crippen molar-refractivity contribution >= 4 is 17.2 Å². The molecular weight excluding hydrogens is 236 g/mol. The predicted molar refractivity (Wildman–Crippen MR) is 67.8 cm³/mol. The summed E-state index contributed by atoms with van der Waals surface area (Å²) in [6.45, 7) is 3.08. The highest BCUT2D eigenvalue weighted by Crippen LogP contribution is 2.15. The highest BCUT2D eigenvalue weighted by molar-refractivity contribution is 7.09. The second-order valence-corrected chi connectivity index (χ2v) is 5.60. The number of amides is 1. The third kappa shape index (κ3) is 3.28. The Morgan fingerprint density at radius 1 is 1.65 bits per heavy atom. The van der Waals surface area contributed by atoms with Gasteiger partial charge in [-0.1, -0.05) is 6.07 Å². The largest absolute Gasteiger partial charge is 0.396 e. The van der Waals surface area contributed by atoms with Gasteiger partial charge in [-0.3, -0.25) is 9.69 Å². The SMILES string of the molecule is CN(Cc1cccs1)C(=O)CN1CC(CO)C1. The Balaban J connectivity index is 1.73. The number of aliphatic hydroxyl groups excluding tert-OH is 1. The van der Waals surface area contributed by atoms with Crippen LogP contribution in [0.15, 0.2) is 17.5 Å². The van der Waals surface area contributed by atoms with Crippen molar-refractivity contribution in [2.24, 2.45) is 5.92 Å². The number of hydrogen-bond donors (Lipinski definition) is 1. The highest BCUT2D eigenvalue weighted by Gasteiger charge is 2.28. The van der Waals surface area contributed by atoms with Crippen LogP contribution in [-0.4, -0.2) is 54.1 Å².